The number of carbonyl (C=O) groups excluding carboxylic acids is 1. The molecule has 28 heavy (non-hydrogen) atoms. The van der Waals surface area contributed by atoms with Crippen molar-refractivity contribution in [3.05, 3.63) is 58.1 Å². The first-order chi connectivity index (χ1) is 13.7. The molecule has 1 aliphatic heterocycles. The Balaban J connectivity index is 1.51. The zero-order chi connectivity index (χ0) is 19.5. The van der Waals surface area contributed by atoms with E-state index in [2.05, 4.69) is 11.4 Å². The Morgan fingerprint density at radius 2 is 2.04 bits per heavy atom. The minimum atomic E-state index is -0.182. The second-order valence-corrected chi connectivity index (χ2v) is 7.76. The molecule has 6 heteroatoms. The number of ether oxygens (including phenoxy) is 2. The predicted octanol–water partition coefficient (Wildman–Crippen LogP) is 3.46. The van der Waals surface area contributed by atoms with E-state index in [1.165, 1.54) is 5.56 Å². The van der Waals surface area contributed by atoms with Crippen LogP contribution in [0.5, 0.6) is 11.5 Å². The average molecular weight is 402 g/mol. The van der Waals surface area contributed by atoms with Gasteiger partial charge >= 0.3 is 0 Å². The maximum absolute atomic E-state index is 12.8. The summed E-state index contributed by atoms with van der Waals surface area (Å²) >= 11 is 6.34. The fourth-order valence-electron chi connectivity index (χ4n) is 4.02. The molecule has 2 aromatic rings. The van der Waals surface area contributed by atoms with Crippen molar-refractivity contribution in [1.82, 2.24) is 5.32 Å². The second kappa shape index (κ2) is 8.41. The number of fused-ring (bicyclic) bond motifs is 2. The van der Waals surface area contributed by atoms with Gasteiger partial charge in [0.05, 0.1) is 30.7 Å². The van der Waals surface area contributed by atoms with E-state index in [1.807, 2.05) is 24.3 Å². The molecule has 2 aliphatic rings. The van der Waals surface area contributed by atoms with Gasteiger partial charge in [-0.1, -0.05) is 35.9 Å². The molecule has 2 atom stereocenters. The fourth-order valence-corrected chi connectivity index (χ4v) is 4.30. The van der Waals surface area contributed by atoms with E-state index in [0.717, 1.165) is 30.4 Å². The third kappa shape index (κ3) is 3.96. The Morgan fingerprint density at radius 3 is 2.89 bits per heavy atom. The minimum absolute atomic E-state index is 0.0196. The molecule has 0 fully saturated rings. The van der Waals surface area contributed by atoms with E-state index >= 15 is 0 Å². The van der Waals surface area contributed by atoms with Gasteiger partial charge in [-0.05, 0) is 41.7 Å². The molecule has 2 aromatic carbocycles. The molecule has 4 rings (SSSR count). The summed E-state index contributed by atoms with van der Waals surface area (Å²) in [6.07, 6.45) is 2.76. The lowest BCUT2D eigenvalue weighted by Crippen LogP contribution is -2.38. The van der Waals surface area contributed by atoms with Crippen molar-refractivity contribution in [2.45, 2.75) is 31.7 Å². The number of amides is 1. The molecule has 148 valence electrons. The zero-order valence-corrected chi connectivity index (χ0v) is 16.4. The van der Waals surface area contributed by atoms with Crippen LogP contribution in [0, 0.1) is 5.92 Å². The standard InChI is InChI=1S/C22H24ClNO4/c23-18-10-14(11-19-22(18)28-9-3-8-27-19)12-20(26)24-21-16(13-25)7-6-15-4-1-2-5-17(15)21/h1-2,4-5,10-11,16,21,25H,3,6-9,12-13H2,(H,24,26)/t16-,21-/m0/s1. The Labute approximate surface area is 169 Å². The normalized spacial score (nSPS) is 20.8. The monoisotopic (exact) mass is 401 g/mol. The van der Waals surface area contributed by atoms with Crippen LogP contribution in [-0.2, 0) is 17.6 Å². The van der Waals surface area contributed by atoms with Crippen molar-refractivity contribution in [2.75, 3.05) is 19.8 Å². The summed E-state index contributed by atoms with van der Waals surface area (Å²) in [6, 6.07) is 11.5. The topological polar surface area (TPSA) is 67.8 Å². The summed E-state index contributed by atoms with van der Waals surface area (Å²) in [4.78, 5) is 12.8. The molecular formula is C22H24ClNO4. The molecule has 1 amide bonds. The molecule has 1 heterocycles. The summed E-state index contributed by atoms with van der Waals surface area (Å²) in [7, 11) is 0. The molecule has 5 nitrogen and oxygen atoms in total. The summed E-state index contributed by atoms with van der Waals surface area (Å²) in [5.41, 5.74) is 3.10. The van der Waals surface area contributed by atoms with E-state index in [1.54, 1.807) is 6.07 Å². The van der Waals surface area contributed by atoms with Crippen LogP contribution in [0.15, 0.2) is 36.4 Å². The number of halogens is 1. The highest BCUT2D eigenvalue weighted by molar-refractivity contribution is 6.32. The number of carbonyl (C=O) groups is 1. The third-order valence-corrected chi connectivity index (χ3v) is 5.70. The largest absolute Gasteiger partial charge is 0.489 e. The van der Waals surface area contributed by atoms with Gasteiger partial charge in [-0.25, -0.2) is 0 Å². The van der Waals surface area contributed by atoms with E-state index in [-0.39, 0.29) is 30.9 Å². The smallest absolute Gasteiger partial charge is 0.224 e. The number of rotatable bonds is 4. The fraction of sp³-hybridized carbons (Fsp3) is 0.409. The van der Waals surface area contributed by atoms with E-state index in [0.29, 0.717) is 29.7 Å². The van der Waals surface area contributed by atoms with Crippen LogP contribution >= 0.6 is 11.6 Å². The number of aliphatic hydroxyl groups excluding tert-OH is 1. The van der Waals surface area contributed by atoms with Gasteiger partial charge in [0, 0.05) is 18.9 Å². The average Bonchev–Trinajstić information content (AvgIpc) is 2.94. The minimum Gasteiger partial charge on any atom is -0.489 e. The Kier molecular flexibility index (Phi) is 5.74. The molecule has 0 spiro atoms. The SMILES string of the molecule is O=C(Cc1cc(Cl)c2c(c1)OCCCO2)N[C@@H]1c2ccccc2CC[C@H]1CO. The highest BCUT2D eigenvalue weighted by Gasteiger charge is 2.30. The van der Waals surface area contributed by atoms with Crippen LogP contribution in [0.25, 0.3) is 0 Å². The van der Waals surface area contributed by atoms with Crippen LogP contribution in [0.2, 0.25) is 5.02 Å². The Hall–Kier alpha value is -2.24. The maximum atomic E-state index is 12.8. The van der Waals surface area contributed by atoms with Gasteiger partial charge in [-0.15, -0.1) is 0 Å². The van der Waals surface area contributed by atoms with Crippen molar-refractivity contribution in [3.63, 3.8) is 0 Å². The van der Waals surface area contributed by atoms with E-state index in [9.17, 15) is 9.90 Å². The molecule has 2 N–H and O–H groups in total. The quantitative estimate of drug-likeness (QED) is 0.823. The van der Waals surface area contributed by atoms with Crippen LogP contribution in [0.3, 0.4) is 0 Å². The van der Waals surface area contributed by atoms with Gasteiger partial charge in [0.25, 0.3) is 0 Å². The van der Waals surface area contributed by atoms with E-state index in [4.69, 9.17) is 21.1 Å². The highest BCUT2D eigenvalue weighted by atomic mass is 35.5. The highest BCUT2D eigenvalue weighted by Crippen LogP contribution is 2.38. The molecule has 0 saturated carbocycles. The van der Waals surface area contributed by atoms with Gasteiger partial charge in [0.15, 0.2) is 11.5 Å². The lowest BCUT2D eigenvalue weighted by Gasteiger charge is -2.33. The molecule has 0 radical (unpaired) electrons. The predicted molar refractivity (Wildman–Crippen MR) is 107 cm³/mol. The summed E-state index contributed by atoms with van der Waals surface area (Å²) in [5, 5.41) is 13.4. The number of nitrogens with one attached hydrogen (secondary N) is 1. The van der Waals surface area contributed by atoms with Crippen LogP contribution < -0.4 is 14.8 Å². The van der Waals surface area contributed by atoms with Crippen LogP contribution in [0.1, 0.15) is 35.6 Å². The lowest BCUT2D eigenvalue weighted by atomic mass is 9.80. The first kappa shape index (κ1) is 19.1. The van der Waals surface area contributed by atoms with Crippen molar-refractivity contribution in [3.8, 4) is 11.5 Å². The van der Waals surface area contributed by atoms with Gasteiger partial charge in [-0.2, -0.15) is 0 Å². The van der Waals surface area contributed by atoms with Crippen LogP contribution in [0.4, 0.5) is 0 Å². The summed E-state index contributed by atoms with van der Waals surface area (Å²) < 4.78 is 11.4. The molecular weight excluding hydrogens is 378 g/mol. The molecule has 0 saturated heterocycles. The van der Waals surface area contributed by atoms with Gasteiger partial charge < -0.3 is 19.9 Å². The Morgan fingerprint density at radius 1 is 1.21 bits per heavy atom. The maximum Gasteiger partial charge on any atom is 0.224 e. The first-order valence-corrected chi connectivity index (χ1v) is 10.1. The second-order valence-electron chi connectivity index (χ2n) is 7.36. The number of aliphatic hydroxyl groups is 1. The molecule has 0 aromatic heterocycles. The van der Waals surface area contributed by atoms with Crippen molar-refractivity contribution >= 4 is 17.5 Å². The number of hydrogen-bond donors (Lipinski definition) is 2. The number of aryl methyl sites for hydroxylation is 1. The summed E-state index contributed by atoms with van der Waals surface area (Å²) in [6.45, 7) is 1.18. The first-order valence-electron chi connectivity index (χ1n) is 9.71. The van der Waals surface area contributed by atoms with Gasteiger partial charge in [0.1, 0.15) is 0 Å². The Bertz CT molecular complexity index is 870. The molecule has 0 bridgehead atoms. The van der Waals surface area contributed by atoms with Crippen molar-refractivity contribution in [1.29, 1.82) is 0 Å². The van der Waals surface area contributed by atoms with Gasteiger partial charge in [0.2, 0.25) is 5.91 Å². The number of hydrogen-bond acceptors (Lipinski definition) is 4. The third-order valence-electron chi connectivity index (χ3n) is 5.42. The van der Waals surface area contributed by atoms with E-state index < -0.39 is 0 Å². The summed E-state index contributed by atoms with van der Waals surface area (Å²) in [5.74, 6) is 1.05. The zero-order valence-electron chi connectivity index (χ0n) is 15.6. The number of benzene rings is 2. The van der Waals surface area contributed by atoms with Crippen LogP contribution in [-0.4, -0.2) is 30.8 Å². The molecule has 0 unspecified atom stereocenters. The van der Waals surface area contributed by atoms with Gasteiger partial charge in [-0.3, -0.25) is 4.79 Å². The lowest BCUT2D eigenvalue weighted by molar-refractivity contribution is -0.121. The van der Waals surface area contributed by atoms with Crippen molar-refractivity contribution < 1.29 is 19.4 Å². The molecule has 1 aliphatic carbocycles. The van der Waals surface area contributed by atoms with Crippen molar-refractivity contribution in [2.24, 2.45) is 5.92 Å².